The molecule has 12 aromatic rings. The van der Waals surface area contributed by atoms with Crippen LogP contribution in [0.1, 0.15) is 25.1 Å². The molecule has 0 saturated heterocycles. The van der Waals surface area contributed by atoms with Crippen LogP contribution in [0.5, 0.6) is 0 Å². The van der Waals surface area contributed by atoms with Gasteiger partial charge >= 0.3 is 0 Å². The van der Waals surface area contributed by atoms with Crippen LogP contribution in [0.15, 0.2) is 194 Å². The smallest absolute Gasteiger partial charge is 0.235 e. The fourth-order valence-corrected chi connectivity index (χ4v) is 10.6. The Labute approximate surface area is 352 Å². The second-order valence-electron chi connectivity index (χ2n) is 16.9. The molecular weight excluding hydrogens is 741 g/mol. The number of rotatable bonds is 4. The number of hydrogen-bond acceptors (Lipinski definition) is 2. The molecule has 0 bridgehead atoms. The van der Waals surface area contributed by atoms with Crippen molar-refractivity contribution in [1.82, 2.24) is 19.1 Å². The highest BCUT2D eigenvalue weighted by atomic mass is 15.2. The summed E-state index contributed by atoms with van der Waals surface area (Å²) < 4.78 is 4.66. The normalized spacial score (nSPS) is 13.2. The average molecular weight is 779 g/mol. The molecule has 0 N–H and O–H groups in total. The van der Waals surface area contributed by atoms with Gasteiger partial charge in [-0.2, -0.15) is 0 Å². The Morgan fingerprint density at radius 1 is 0.361 bits per heavy atom. The monoisotopic (exact) mass is 778 g/mol. The van der Waals surface area contributed by atoms with Crippen molar-refractivity contribution in [2.75, 3.05) is 0 Å². The minimum Gasteiger partial charge on any atom is -0.309 e. The molecule has 1 aliphatic rings. The van der Waals surface area contributed by atoms with Crippen LogP contribution in [-0.4, -0.2) is 19.1 Å². The van der Waals surface area contributed by atoms with Crippen LogP contribution in [0, 0.1) is 0 Å². The van der Waals surface area contributed by atoms with Gasteiger partial charge in [-0.3, -0.25) is 4.57 Å². The van der Waals surface area contributed by atoms with Gasteiger partial charge in [0.2, 0.25) is 5.95 Å². The Bertz CT molecular complexity index is 3780. The van der Waals surface area contributed by atoms with Crippen LogP contribution in [0.2, 0.25) is 0 Å². The highest BCUT2D eigenvalue weighted by molar-refractivity contribution is 6.19. The van der Waals surface area contributed by atoms with E-state index in [1.807, 2.05) is 0 Å². The number of benzene rings is 9. The topological polar surface area (TPSA) is 35.6 Å². The van der Waals surface area contributed by atoms with E-state index in [0.717, 1.165) is 39.2 Å². The molecule has 3 heterocycles. The first kappa shape index (κ1) is 34.1. The number of hydrogen-bond donors (Lipinski definition) is 0. The molecule has 61 heavy (non-hydrogen) atoms. The van der Waals surface area contributed by atoms with Crippen LogP contribution in [0.3, 0.4) is 0 Å². The van der Waals surface area contributed by atoms with Gasteiger partial charge in [-0.25, -0.2) is 9.97 Å². The second kappa shape index (κ2) is 12.6. The van der Waals surface area contributed by atoms with Crippen molar-refractivity contribution in [3.8, 4) is 45.1 Å². The zero-order valence-electron chi connectivity index (χ0n) is 33.8. The molecule has 4 heteroatoms. The molecular formula is C57H38N4. The van der Waals surface area contributed by atoms with Gasteiger partial charge in [0.05, 0.1) is 33.5 Å². The van der Waals surface area contributed by atoms with Crippen molar-refractivity contribution in [2.24, 2.45) is 0 Å². The second-order valence-corrected chi connectivity index (χ2v) is 16.9. The molecule has 0 unspecified atom stereocenters. The predicted molar refractivity (Wildman–Crippen MR) is 254 cm³/mol. The molecule has 4 nitrogen and oxygen atoms in total. The maximum atomic E-state index is 5.68. The Kier molecular flexibility index (Phi) is 7.04. The summed E-state index contributed by atoms with van der Waals surface area (Å²) in [5, 5.41) is 9.86. The van der Waals surface area contributed by atoms with Crippen molar-refractivity contribution < 1.29 is 0 Å². The zero-order chi connectivity index (χ0) is 40.4. The number of nitrogens with zero attached hydrogens (tertiary/aromatic N) is 4. The Hall–Kier alpha value is -7.82. The van der Waals surface area contributed by atoms with Crippen molar-refractivity contribution in [1.29, 1.82) is 0 Å². The third-order valence-corrected chi connectivity index (χ3v) is 13.2. The molecule has 9 aromatic carbocycles. The SMILES string of the molecule is CC1(C)c2nc(-n3c4ccccc4c4cc(-c5ccc6c(c5)c5ccccc5n6-c5ccccc5)ccc43)nc(-c3ccccc3)c2-c2c1c1ccccc1c1ccccc21. The highest BCUT2D eigenvalue weighted by Crippen LogP contribution is 2.56. The van der Waals surface area contributed by atoms with E-state index in [1.54, 1.807) is 0 Å². The summed E-state index contributed by atoms with van der Waals surface area (Å²) in [5.74, 6) is 0.682. The molecule has 3 aromatic heterocycles. The van der Waals surface area contributed by atoms with Crippen LogP contribution < -0.4 is 0 Å². The van der Waals surface area contributed by atoms with Crippen molar-refractivity contribution >= 4 is 65.2 Å². The third kappa shape index (κ3) is 4.76. The first-order chi connectivity index (χ1) is 30.0. The van der Waals surface area contributed by atoms with Gasteiger partial charge in [-0.05, 0) is 92.3 Å². The van der Waals surface area contributed by atoms with Crippen molar-refractivity contribution in [2.45, 2.75) is 19.3 Å². The van der Waals surface area contributed by atoms with E-state index >= 15 is 0 Å². The lowest BCUT2D eigenvalue weighted by molar-refractivity contribution is 0.638. The van der Waals surface area contributed by atoms with E-state index in [4.69, 9.17) is 9.97 Å². The van der Waals surface area contributed by atoms with E-state index in [-0.39, 0.29) is 0 Å². The van der Waals surface area contributed by atoms with Crippen LogP contribution in [0.4, 0.5) is 0 Å². The highest BCUT2D eigenvalue weighted by Gasteiger charge is 2.42. The molecule has 0 radical (unpaired) electrons. The number of fused-ring (bicyclic) bond motifs is 14. The standard InChI is InChI=1S/C57H38N4/c1-57(2)53-44-26-12-10-22-40(44)39-21-9-11-25-43(39)51(53)52-54(35-17-5-3-6-18-35)58-56(59-55(52)57)61-48-28-16-14-24-42(48)46-34-37(30-32-50(46)61)36-29-31-49-45(33-36)41-23-13-15-27-47(41)60(49)38-19-7-4-8-20-38/h3-34H,1-2H3. The van der Waals surface area contributed by atoms with E-state index in [9.17, 15) is 0 Å². The van der Waals surface area contributed by atoms with Crippen LogP contribution in [0.25, 0.3) is 110 Å². The van der Waals surface area contributed by atoms with Gasteiger partial charge < -0.3 is 4.57 Å². The first-order valence-corrected chi connectivity index (χ1v) is 21.1. The molecule has 0 amide bonds. The molecule has 1 aliphatic carbocycles. The average Bonchev–Trinajstić information content (AvgIpc) is 3.92. The molecule has 0 saturated carbocycles. The fourth-order valence-electron chi connectivity index (χ4n) is 10.6. The van der Waals surface area contributed by atoms with Crippen LogP contribution >= 0.6 is 0 Å². The van der Waals surface area contributed by atoms with E-state index in [0.29, 0.717) is 5.95 Å². The summed E-state index contributed by atoms with van der Waals surface area (Å²) in [4.78, 5) is 11.3. The predicted octanol–water partition coefficient (Wildman–Crippen LogP) is 14.6. The third-order valence-electron chi connectivity index (χ3n) is 13.2. The molecule has 0 fully saturated rings. The molecule has 0 atom stereocenters. The van der Waals surface area contributed by atoms with Crippen molar-refractivity contribution in [3.05, 3.63) is 205 Å². The van der Waals surface area contributed by atoms with Gasteiger partial charge in [-0.15, -0.1) is 0 Å². The lowest BCUT2D eigenvalue weighted by Gasteiger charge is -2.23. The maximum absolute atomic E-state index is 5.68. The van der Waals surface area contributed by atoms with Gasteiger partial charge in [0, 0.05) is 43.8 Å². The van der Waals surface area contributed by atoms with Crippen molar-refractivity contribution in [3.63, 3.8) is 0 Å². The largest absolute Gasteiger partial charge is 0.309 e. The number of para-hydroxylation sites is 3. The fraction of sp³-hybridized carbons (Fsp3) is 0.0526. The quantitative estimate of drug-likeness (QED) is 0.167. The summed E-state index contributed by atoms with van der Waals surface area (Å²) in [6, 6.07) is 70.3. The minimum atomic E-state index is -0.399. The molecule has 286 valence electrons. The summed E-state index contributed by atoms with van der Waals surface area (Å²) in [5.41, 5.74) is 14.5. The van der Waals surface area contributed by atoms with Gasteiger partial charge in [0.1, 0.15) is 0 Å². The lowest BCUT2D eigenvalue weighted by atomic mass is 9.81. The van der Waals surface area contributed by atoms with Gasteiger partial charge in [0.25, 0.3) is 0 Å². The summed E-state index contributed by atoms with van der Waals surface area (Å²) in [7, 11) is 0. The molecule has 0 spiro atoms. The lowest BCUT2D eigenvalue weighted by Crippen LogP contribution is -2.19. The zero-order valence-corrected chi connectivity index (χ0v) is 33.8. The molecule has 13 rings (SSSR count). The van der Waals surface area contributed by atoms with E-state index in [1.165, 1.54) is 76.4 Å². The Morgan fingerprint density at radius 2 is 0.836 bits per heavy atom. The summed E-state index contributed by atoms with van der Waals surface area (Å²) in [6.45, 7) is 4.69. The van der Waals surface area contributed by atoms with E-state index in [2.05, 4.69) is 217 Å². The van der Waals surface area contributed by atoms with E-state index < -0.39 is 5.41 Å². The van der Waals surface area contributed by atoms with Crippen LogP contribution in [-0.2, 0) is 5.41 Å². The Morgan fingerprint density at radius 3 is 1.48 bits per heavy atom. The van der Waals surface area contributed by atoms with Gasteiger partial charge in [-0.1, -0.05) is 159 Å². The Balaban J connectivity index is 1.05. The first-order valence-electron chi connectivity index (χ1n) is 21.1. The van der Waals surface area contributed by atoms with Gasteiger partial charge in [0.15, 0.2) is 0 Å². The minimum absolute atomic E-state index is 0.399. The molecule has 0 aliphatic heterocycles. The summed E-state index contributed by atoms with van der Waals surface area (Å²) >= 11 is 0. The number of aromatic nitrogens is 4. The summed E-state index contributed by atoms with van der Waals surface area (Å²) in [6.07, 6.45) is 0. The maximum Gasteiger partial charge on any atom is 0.235 e.